The molecule has 5 nitrogen and oxygen atoms in total. The molecular formula is C11H20N4OS. The van der Waals surface area contributed by atoms with Crippen molar-refractivity contribution < 1.29 is 4.79 Å². The van der Waals surface area contributed by atoms with Gasteiger partial charge in [0.25, 0.3) is 0 Å². The molecule has 0 aromatic carbocycles. The van der Waals surface area contributed by atoms with E-state index in [4.69, 9.17) is 0 Å². The zero-order valence-corrected chi connectivity index (χ0v) is 11.6. The Morgan fingerprint density at radius 3 is 2.76 bits per heavy atom. The van der Waals surface area contributed by atoms with E-state index in [1.54, 1.807) is 4.68 Å². The molecule has 0 aliphatic heterocycles. The van der Waals surface area contributed by atoms with Crippen molar-refractivity contribution in [2.45, 2.75) is 26.3 Å². The summed E-state index contributed by atoms with van der Waals surface area (Å²) in [7, 11) is 1.84. The zero-order valence-electron chi connectivity index (χ0n) is 10.8. The van der Waals surface area contributed by atoms with Gasteiger partial charge in [-0.05, 0) is 18.6 Å². The molecule has 1 amide bonds. The fourth-order valence-electron chi connectivity index (χ4n) is 1.69. The summed E-state index contributed by atoms with van der Waals surface area (Å²) in [6, 6.07) is -0.0536. The van der Waals surface area contributed by atoms with E-state index in [1.807, 2.05) is 13.3 Å². The normalized spacial score (nSPS) is 12.8. The number of hydrogen-bond donors (Lipinski definition) is 1. The van der Waals surface area contributed by atoms with Gasteiger partial charge in [0.1, 0.15) is 12.2 Å². The van der Waals surface area contributed by atoms with Crippen LogP contribution in [0.2, 0.25) is 0 Å². The van der Waals surface area contributed by atoms with Crippen LogP contribution in [0.3, 0.4) is 0 Å². The average molecular weight is 256 g/mol. The number of hydrogen-bond acceptors (Lipinski definition) is 4. The molecule has 1 aromatic rings. The van der Waals surface area contributed by atoms with Crippen molar-refractivity contribution in [1.29, 1.82) is 0 Å². The number of carbonyl (C=O) groups is 1. The lowest BCUT2D eigenvalue weighted by Crippen LogP contribution is -2.32. The third-order valence-corrected chi connectivity index (χ3v) is 2.93. The van der Waals surface area contributed by atoms with Gasteiger partial charge < -0.3 is 5.32 Å². The molecule has 0 saturated heterocycles. The van der Waals surface area contributed by atoms with Gasteiger partial charge in [0, 0.05) is 7.05 Å². The molecule has 1 N–H and O–H groups in total. The number of aryl methyl sites for hydroxylation is 1. The van der Waals surface area contributed by atoms with Gasteiger partial charge in [0.05, 0.1) is 11.8 Å². The largest absolute Gasteiger partial charge is 0.345 e. The Hall–Kier alpha value is -1.04. The van der Waals surface area contributed by atoms with Crippen LogP contribution in [0.4, 0.5) is 0 Å². The van der Waals surface area contributed by atoms with Crippen LogP contribution in [0.15, 0.2) is 6.33 Å². The first-order valence-corrected chi connectivity index (χ1v) is 7.06. The van der Waals surface area contributed by atoms with Gasteiger partial charge in [-0.2, -0.15) is 16.9 Å². The molecule has 0 aliphatic rings. The fourth-order valence-corrected chi connectivity index (χ4v) is 2.03. The molecule has 96 valence electrons. The Kier molecular flexibility index (Phi) is 5.47. The number of aromatic nitrogens is 3. The van der Waals surface area contributed by atoms with Gasteiger partial charge in [0.2, 0.25) is 5.91 Å². The molecule has 0 saturated carbocycles. The molecule has 1 heterocycles. The number of thioether (sulfide) groups is 1. The number of nitrogens with zero attached hydrogens (tertiary/aromatic N) is 3. The van der Waals surface area contributed by atoms with Crippen molar-refractivity contribution in [2.75, 3.05) is 12.0 Å². The molecular weight excluding hydrogens is 236 g/mol. The predicted octanol–water partition coefficient (Wildman–Crippen LogP) is 1.38. The predicted molar refractivity (Wildman–Crippen MR) is 69.7 cm³/mol. The van der Waals surface area contributed by atoms with E-state index in [9.17, 15) is 4.79 Å². The lowest BCUT2D eigenvalue weighted by atomic mass is 10.0. The summed E-state index contributed by atoms with van der Waals surface area (Å²) in [4.78, 5) is 15.9. The molecule has 6 heteroatoms. The molecule has 0 unspecified atom stereocenters. The third-order valence-electron chi connectivity index (χ3n) is 2.38. The highest BCUT2D eigenvalue weighted by atomic mass is 32.2. The van der Waals surface area contributed by atoms with Gasteiger partial charge >= 0.3 is 0 Å². The highest BCUT2D eigenvalue weighted by Crippen LogP contribution is 2.18. The number of carbonyl (C=O) groups excluding carboxylic acids is 1. The molecule has 0 radical (unpaired) electrons. The van der Waals surface area contributed by atoms with Gasteiger partial charge in [-0.1, -0.05) is 13.8 Å². The standard InChI is InChI=1S/C11H20N4OS/c1-8(2)5-9(14-10(16)6-17-4)11-12-7-13-15(11)3/h7-9H,5-6H2,1-4H3,(H,14,16)/t9-/m1/s1. The summed E-state index contributed by atoms with van der Waals surface area (Å²) in [5.41, 5.74) is 0. The maximum absolute atomic E-state index is 11.7. The van der Waals surface area contributed by atoms with Crippen LogP contribution >= 0.6 is 11.8 Å². The van der Waals surface area contributed by atoms with Crippen molar-refractivity contribution in [2.24, 2.45) is 13.0 Å². The summed E-state index contributed by atoms with van der Waals surface area (Å²) in [5.74, 6) is 1.83. The Balaban J connectivity index is 2.74. The second kappa shape index (κ2) is 6.64. The molecule has 0 bridgehead atoms. The molecule has 17 heavy (non-hydrogen) atoms. The number of amides is 1. The smallest absolute Gasteiger partial charge is 0.230 e. The van der Waals surface area contributed by atoms with E-state index in [2.05, 4.69) is 29.2 Å². The van der Waals surface area contributed by atoms with Crippen LogP contribution in [0.5, 0.6) is 0 Å². The minimum absolute atomic E-state index is 0.0474. The van der Waals surface area contributed by atoms with E-state index >= 15 is 0 Å². The first kappa shape index (κ1) is 14.0. The topological polar surface area (TPSA) is 59.8 Å². The quantitative estimate of drug-likeness (QED) is 0.835. The van der Waals surface area contributed by atoms with Crippen LogP contribution in [0.25, 0.3) is 0 Å². The van der Waals surface area contributed by atoms with Crippen LogP contribution in [-0.4, -0.2) is 32.7 Å². The Morgan fingerprint density at radius 2 is 2.29 bits per heavy atom. The van der Waals surface area contributed by atoms with E-state index in [0.29, 0.717) is 11.7 Å². The zero-order chi connectivity index (χ0) is 12.8. The summed E-state index contributed by atoms with van der Waals surface area (Å²) in [6.07, 6.45) is 4.30. The highest BCUT2D eigenvalue weighted by Gasteiger charge is 2.19. The summed E-state index contributed by atoms with van der Waals surface area (Å²) in [6.45, 7) is 4.26. The molecule has 0 spiro atoms. The van der Waals surface area contributed by atoms with Gasteiger partial charge in [-0.15, -0.1) is 0 Å². The Bertz CT molecular complexity index is 364. The second-order valence-electron chi connectivity index (χ2n) is 4.42. The van der Waals surface area contributed by atoms with Crippen molar-refractivity contribution >= 4 is 17.7 Å². The highest BCUT2D eigenvalue weighted by molar-refractivity contribution is 7.99. The van der Waals surface area contributed by atoms with E-state index < -0.39 is 0 Å². The fraction of sp³-hybridized carbons (Fsp3) is 0.727. The number of rotatable bonds is 6. The van der Waals surface area contributed by atoms with E-state index in [1.165, 1.54) is 18.1 Å². The second-order valence-corrected chi connectivity index (χ2v) is 5.29. The van der Waals surface area contributed by atoms with Crippen LogP contribution in [0.1, 0.15) is 32.1 Å². The molecule has 0 fully saturated rings. The van der Waals surface area contributed by atoms with Gasteiger partial charge in [-0.3, -0.25) is 9.48 Å². The van der Waals surface area contributed by atoms with Crippen molar-refractivity contribution in [1.82, 2.24) is 20.1 Å². The first-order chi connectivity index (χ1) is 8.04. The van der Waals surface area contributed by atoms with Crippen molar-refractivity contribution in [3.63, 3.8) is 0 Å². The van der Waals surface area contributed by atoms with Gasteiger partial charge in [-0.25, -0.2) is 4.98 Å². The molecule has 0 aliphatic carbocycles. The minimum atomic E-state index is -0.0536. The van der Waals surface area contributed by atoms with Crippen molar-refractivity contribution in [3.05, 3.63) is 12.2 Å². The Labute approximate surface area is 106 Å². The van der Waals surface area contributed by atoms with Crippen LogP contribution in [-0.2, 0) is 11.8 Å². The van der Waals surface area contributed by atoms with Crippen LogP contribution in [0, 0.1) is 5.92 Å². The van der Waals surface area contributed by atoms with E-state index in [0.717, 1.165) is 12.2 Å². The first-order valence-electron chi connectivity index (χ1n) is 5.66. The molecule has 1 rings (SSSR count). The van der Waals surface area contributed by atoms with Gasteiger partial charge in [0.15, 0.2) is 0 Å². The van der Waals surface area contributed by atoms with Crippen molar-refractivity contribution in [3.8, 4) is 0 Å². The lowest BCUT2D eigenvalue weighted by molar-refractivity contribution is -0.119. The summed E-state index contributed by atoms with van der Waals surface area (Å²) >= 11 is 1.52. The number of nitrogens with one attached hydrogen (secondary N) is 1. The third kappa shape index (κ3) is 4.38. The summed E-state index contributed by atoms with van der Waals surface area (Å²) in [5, 5.41) is 7.06. The maximum Gasteiger partial charge on any atom is 0.230 e. The molecule has 1 atom stereocenters. The van der Waals surface area contributed by atoms with E-state index in [-0.39, 0.29) is 11.9 Å². The monoisotopic (exact) mass is 256 g/mol. The lowest BCUT2D eigenvalue weighted by Gasteiger charge is -2.19. The molecule has 1 aromatic heterocycles. The minimum Gasteiger partial charge on any atom is -0.345 e. The van der Waals surface area contributed by atoms with Crippen LogP contribution < -0.4 is 5.32 Å². The summed E-state index contributed by atoms with van der Waals surface area (Å²) < 4.78 is 1.71. The maximum atomic E-state index is 11.7. The Morgan fingerprint density at radius 1 is 1.59 bits per heavy atom. The average Bonchev–Trinajstić information content (AvgIpc) is 2.63. The SMILES string of the molecule is CSCC(=O)N[C@H](CC(C)C)c1ncnn1C.